The Morgan fingerprint density at radius 1 is 1.38 bits per heavy atom. The molecule has 0 aliphatic carbocycles. The van der Waals surface area contributed by atoms with E-state index in [2.05, 4.69) is 29.5 Å². The molecule has 0 saturated heterocycles. The van der Waals surface area contributed by atoms with Gasteiger partial charge >= 0.3 is 0 Å². The number of halogens is 1. The van der Waals surface area contributed by atoms with E-state index in [0.717, 1.165) is 24.5 Å². The lowest BCUT2D eigenvalue weighted by atomic mass is 10.2. The zero-order chi connectivity index (χ0) is 15.0. The summed E-state index contributed by atoms with van der Waals surface area (Å²) in [6.07, 6.45) is 1.02. The third-order valence-corrected chi connectivity index (χ3v) is 3.03. The average Bonchev–Trinajstić information content (AvgIpc) is 2.46. The number of nitrogens with one attached hydrogen (secondary N) is 2. The first kappa shape index (κ1) is 19.8. The summed E-state index contributed by atoms with van der Waals surface area (Å²) in [6.45, 7) is 7.45. The van der Waals surface area contributed by atoms with E-state index in [9.17, 15) is 5.11 Å². The van der Waals surface area contributed by atoms with Gasteiger partial charge in [-0.15, -0.1) is 24.0 Å². The molecule has 0 aromatic heterocycles. The fourth-order valence-corrected chi connectivity index (χ4v) is 1.64. The van der Waals surface area contributed by atoms with Crippen molar-refractivity contribution in [3.05, 3.63) is 23.8 Å². The number of phenolic OH excluding ortho intramolecular Hbond substituents is 1. The second kappa shape index (κ2) is 10.5. The van der Waals surface area contributed by atoms with Crippen molar-refractivity contribution in [2.24, 2.45) is 4.99 Å². The number of guanidine groups is 1. The lowest BCUT2D eigenvalue weighted by Gasteiger charge is -2.16. The molecule has 0 fully saturated rings. The predicted octanol–water partition coefficient (Wildman–Crippen LogP) is 2.87. The smallest absolute Gasteiger partial charge is 0.191 e. The standard InChI is InChI=1S/C15H25N3O2.HI/c1-5-11(3)18-15(16-6-2)17-10-12-9-13(20-4)7-8-14(12)19;/h7-9,11,19H,5-6,10H2,1-4H3,(H2,16,17,18);1H. The second-order valence-electron chi connectivity index (χ2n) is 4.64. The number of hydrogen-bond donors (Lipinski definition) is 3. The lowest BCUT2D eigenvalue weighted by Crippen LogP contribution is -2.41. The normalized spacial score (nSPS) is 12.3. The first-order valence-corrected chi connectivity index (χ1v) is 7.01. The largest absolute Gasteiger partial charge is 0.508 e. The monoisotopic (exact) mass is 407 g/mol. The summed E-state index contributed by atoms with van der Waals surface area (Å²) in [5.41, 5.74) is 0.741. The molecule has 0 bridgehead atoms. The number of aromatic hydroxyl groups is 1. The van der Waals surface area contributed by atoms with E-state index < -0.39 is 0 Å². The first-order chi connectivity index (χ1) is 9.60. The topological polar surface area (TPSA) is 65.9 Å². The SMILES string of the molecule is CCNC(=NCc1cc(OC)ccc1O)NC(C)CC.I. The maximum Gasteiger partial charge on any atom is 0.191 e. The molecule has 21 heavy (non-hydrogen) atoms. The van der Waals surface area contributed by atoms with Gasteiger partial charge in [-0.2, -0.15) is 0 Å². The van der Waals surface area contributed by atoms with Crippen LogP contribution in [0, 0.1) is 0 Å². The number of methoxy groups -OCH3 is 1. The molecule has 0 amide bonds. The molecule has 1 aromatic carbocycles. The van der Waals surface area contributed by atoms with Crippen LogP contribution in [0.15, 0.2) is 23.2 Å². The van der Waals surface area contributed by atoms with Crippen LogP contribution in [-0.2, 0) is 6.54 Å². The Morgan fingerprint density at radius 2 is 2.10 bits per heavy atom. The Kier molecular flexibility index (Phi) is 9.94. The van der Waals surface area contributed by atoms with Gasteiger partial charge in [-0.3, -0.25) is 0 Å². The molecular weight excluding hydrogens is 381 g/mol. The molecule has 1 unspecified atom stereocenters. The fraction of sp³-hybridized carbons (Fsp3) is 0.533. The highest BCUT2D eigenvalue weighted by atomic mass is 127. The second-order valence-corrected chi connectivity index (χ2v) is 4.64. The third-order valence-electron chi connectivity index (χ3n) is 3.03. The summed E-state index contributed by atoms with van der Waals surface area (Å²) >= 11 is 0. The van der Waals surface area contributed by atoms with E-state index in [-0.39, 0.29) is 29.7 Å². The number of ether oxygens (including phenoxy) is 1. The van der Waals surface area contributed by atoms with Crippen LogP contribution < -0.4 is 15.4 Å². The van der Waals surface area contributed by atoms with E-state index >= 15 is 0 Å². The molecule has 3 N–H and O–H groups in total. The molecule has 120 valence electrons. The van der Waals surface area contributed by atoms with Gasteiger partial charge in [0, 0.05) is 18.2 Å². The molecule has 1 aromatic rings. The van der Waals surface area contributed by atoms with Crippen LogP contribution in [-0.4, -0.2) is 30.8 Å². The summed E-state index contributed by atoms with van der Waals surface area (Å²) < 4.78 is 5.16. The minimum atomic E-state index is 0. The molecule has 1 atom stereocenters. The van der Waals surface area contributed by atoms with Crippen molar-refractivity contribution in [3.8, 4) is 11.5 Å². The highest BCUT2D eigenvalue weighted by Gasteiger charge is 2.05. The van der Waals surface area contributed by atoms with E-state index in [1.165, 1.54) is 0 Å². The number of phenols is 1. The van der Waals surface area contributed by atoms with Gasteiger partial charge in [0.1, 0.15) is 11.5 Å². The molecule has 6 heteroatoms. The van der Waals surface area contributed by atoms with Gasteiger partial charge in [-0.1, -0.05) is 6.92 Å². The van der Waals surface area contributed by atoms with Gasteiger partial charge in [-0.05, 0) is 38.5 Å². The third kappa shape index (κ3) is 6.88. The molecule has 0 radical (unpaired) electrons. The van der Waals surface area contributed by atoms with Crippen molar-refractivity contribution >= 4 is 29.9 Å². The number of nitrogens with zero attached hydrogens (tertiary/aromatic N) is 1. The predicted molar refractivity (Wildman–Crippen MR) is 97.8 cm³/mol. The van der Waals surface area contributed by atoms with Crippen LogP contribution >= 0.6 is 24.0 Å². The van der Waals surface area contributed by atoms with Gasteiger partial charge in [0.25, 0.3) is 0 Å². The van der Waals surface area contributed by atoms with Crippen molar-refractivity contribution in [2.45, 2.75) is 39.8 Å². The van der Waals surface area contributed by atoms with Crippen LogP contribution in [0.1, 0.15) is 32.8 Å². The van der Waals surface area contributed by atoms with Crippen LogP contribution in [0.4, 0.5) is 0 Å². The van der Waals surface area contributed by atoms with Gasteiger partial charge < -0.3 is 20.5 Å². The summed E-state index contributed by atoms with van der Waals surface area (Å²) in [7, 11) is 1.61. The van der Waals surface area contributed by atoms with Crippen LogP contribution in [0.3, 0.4) is 0 Å². The fourth-order valence-electron chi connectivity index (χ4n) is 1.64. The molecule has 5 nitrogen and oxygen atoms in total. The van der Waals surface area contributed by atoms with E-state index in [0.29, 0.717) is 18.3 Å². The van der Waals surface area contributed by atoms with Crippen molar-refractivity contribution in [2.75, 3.05) is 13.7 Å². The molecule has 1 rings (SSSR count). The lowest BCUT2D eigenvalue weighted by molar-refractivity contribution is 0.411. The Hall–Kier alpha value is -1.18. The summed E-state index contributed by atoms with van der Waals surface area (Å²) in [5, 5.41) is 16.3. The first-order valence-electron chi connectivity index (χ1n) is 7.01. The molecule has 0 spiro atoms. The van der Waals surface area contributed by atoms with Gasteiger partial charge in [0.15, 0.2) is 5.96 Å². The number of hydrogen-bond acceptors (Lipinski definition) is 3. The maximum absolute atomic E-state index is 9.84. The van der Waals surface area contributed by atoms with Crippen molar-refractivity contribution in [1.82, 2.24) is 10.6 Å². The highest BCUT2D eigenvalue weighted by Crippen LogP contribution is 2.23. The Morgan fingerprint density at radius 3 is 2.67 bits per heavy atom. The minimum Gasteiger partial charge on any atom is -0.508 e. The van der Waals surface area contributed by atoms with E-state index in [1.807, 2.05) is 6.92 Å². The van der Waals surface area contributed by atoms with Crippen molar-refractivity contribution in [3.63, 3.8) is 0 Å². The minimum absolute atomic E-state index is 0. The zero-order valence-electron chi connectivity index (χ0n) is 13.1. The summed E-state index contributed by atoms with van der Waals surface area (Å²) in [5.74, 6) is 1.70. The molecule has 0 heterocycles. The van der Waals surface area contributed by atoms with Gasteiger partial charge in [-0.25, -0.2) is 4.99 Å². The van der Waals surface area contributed by atoms with Crippen LogP contribution in [0.5, 0.6) is 11.5 Å². The zero-order valence-corrected chi connectivity index (χ0v) is 15.5. The maximum atomic E-state index is 9.84. The summed E-state index contributed by atoms with van der Waals surface area (Å²) in [6, 6.07) is 5.50. The Labute approximate surface area is 144 Å². The highest BCUT2D eigenvalue weighted by molar-refractivity contribution is 14.0. The van der Waals surface area contributed by atoms with Crippen LogP contribution in [0.2, 0.25) is 0 Å². The van der Waals surface area contributed by atoms with Gasteiger partial charge in [0.05, 0.1) is 13.7 Å². The van der Waals surface area contributed by atoms with E-state index in [1.54, 1.807) is 25.3 Å². The quantitative estimate of drug-likeness (QED) is 0.386. The van der Waals surface area contributed by atoms with Gasteiger partial charge in [0.2, 0.25) is 0 Å². The molecule has 0 aliphatic rings. The number of benzene rings is 1. The van der Waals surface area contributed by atoms with Crippen LogP contribution in [0.25, 0.3) is 0 Å². The number of rotatable bonds is 6. The summed E-state index contributed by atoms with van der Waals surface area (Å²) in [4.78, 5) is 4.49. The van der Waals surface area contributed by atoms with Crippen molar-refractivity contribution < 1.29 is 9.84 Å². The Balaban J connectivity index is 0.00000400. The van der Waals surface area contributed by atoms with E-state index in [4.69, 9.17) is 4.74 Å². The average molecular weight is 407 g/mol. The number of aliphatic imine (C=N–C) groups is 1. The molecule has 0 saturated carbocycles. The van der Waals surface area contributed by atoms with Crippen molar-refractivity contribution in [1.29, 1.82) is 0 Å². The molecular formula is C15H26IN3O2. The Bertz CT molecular complexity index is 453. The molecule has 0 aliphatic heterocycles.